The van der Waals surface area contributed by atoms with Crippen molar-refractivity contribution in [1.82, 2.24) is 5.32 Å². The molecule has 0 aliphatic rings. The molecular weight excluding hydrogens is 354 g/mol. The standard InChI is InChI=1S/C20H14ClNO4/c21-16-9-5-4-8-15(16)18-11-10-14(26-18)12-17(20(24)25)22-19(23)13-6-2-1-3-7-13/h1-12H,(H,22,23)(H,24,25)/b17-12-. The zero-order chi connectivity index (χ0) is 18.5. The summed E-state index contributed by atoms with van der Waals surface area (Å²) in [5, 5.41) is 12.3. The van der Waals surface area contributed by atoms with Crippen LogP contribution < -0.4 is 5.32 Å². The lowest BCUT2D eigenvalue weighted by atomic mass is 10.2. The molecule has 1 heterocycles. The first-order chi connectivity index (χ1) is 12.5. The summed E-state index contributed by atoms with van der Waals surface area (Å²) < 4.78 is 5.64. The Hall–Kier alpha value is -3.31. The molecular formula is C20H14ClNO4. The number of carbonyl (C=O) groups excluding carboxylic acids is 1. The predicted molar refractivity (Wildman–Crippen MR) is 98.7 cm³/mol. The quantitative estimate of drug-likeness (QED) is 0.653. The number of carboxylic acid groups (broad SMARTS) is 1. The van der Waals surface area contributed by atoms with Crippen LogP contribution in [-0.4, -0.2) is 17.0 Å². The van der Waals surface area contributed by atoms with Crippen LogP contribution in [0.2, 0.25) is 5.02 Å². The molecule has 0 spiro atoms. The van der Waals surface area contributed by atoms with E-state index >= 15 is 0 Å². The van der Waals surface area contributed by atoms with Gasteiger partial charge in [-0.05, 0) is 36.4 Å². The molecule has 0 saturated heterocycles. The van der Waals surface area contributed by atoms with Gasteiger partial charge >= 0.3 is 5.97 Å². The summed E-state index contributed by atoms with van der Waals surface area (Å²) in [5.74, 6) is -1.01. The number of hydrogen-bond acceptors (Lipinski definition) is 3. The first kappa shape index (κ1) is 17.5. The molecule has 1 amide bonds. The van der Waals surface area contributed by atoms with Crippen molar-refractivity contribution in [1.29, 1.82) is 0 Å². The van der Waals surface area contributed by atoms with Crippen molar-refractivity contribution in [2.24, 2.45) is 0 Å². The monoisotopic (exact) mass is 367 g/mol. The van der Waals surface area contributed by atoms with Crippen LogP contribution >= 0.6 is 11.6 Å². The lowest BCUT2D eigenvalue weighted by Crippen LogP contribution is -2.27. The van der Waals surface area contributed by atoms with Gasteiger partial charge in [0.1, 0.15) is 17.2 Å². The van der Waals surface area contributed by atoms with Crippen molar-refractivity contribution in [2.75, 3.05) is 0 Å². The van der Waals surface area contributed by atoms with Gasteiger partial charge in [-0.15, -0.1) is 0 Å². The largest absolute Gasteiger partial charge is 0.477 e. The van der Waals surface area contributed by atoms with Gasteiger partial charge in [-0.3, -0.25) is 4.79 Å². The van der Waals surface area contributed by atoms with Crippen LogP contribution in [-0.2, 0) is 4.79 Å². The summed E-state index contributed by atoms with van der Waals surface area (Å²) in [6.07, 6.45) is 1.25. The van der Waals surface area contributed by atoms with Crippen LogP contribution in [0.1, 0.15) is 16.1 Å². The van der Waals surface area contributed by atoms with Crippen molar-refractivity contribution in [2.45, 2.75) is 0 Å². The summed E-state index contributed by atoms with van der Waals surface area (Å²) in [4.78, 5) is 23.6. The molecule has 0 fully saturated rings. The fourth-order valence-electron chi connectivity index (χ4n) is 2.31. The lowest BCUT2D eigenvalue weighted by Gasteiger charge is -2.05. The van der Waals surface area contributed by atoms with Gasteiger partial charge in [0.05, 0.1) is 5.02 Å². The highest BCUT2D eigenvalue weighted by atomic mass is 35.5. The van der Waals surface area contributed by atoms with Gasteiger partial charge in [-0.2, -0.15) is 0 Å². The summed E-state index contributed by atoms with van der Waals surface area (Å²) in [5.41, 5.74) is 0.758. The predicted octanol–water partition coefficient (Wildman–Crippen LogP) is 4.46. The minimum atomic E-state index is -1.27. The Kier molecular flexibility index (Phi) is 5.20. The summed E-state index contributed by atoms with van der Waals surface area (Å²) in [6, 6.07) is 18.8. The number of hydrogen-bond donors (Lipinski definition) is 2. The van der Waals surface area contributed by atoms with Crippen LogP contribution in [0, 0.1) is 0 Å². The van der Waals surface area contributed by atoms with Gasteiger partial charge in [0, 0.05) is 17.2 Å². The van der Waals surface area contributed by atoms with Crippen molar-refractivity contribution < 1.29 is 19.1 Å². The molecule has 0 saturated carbocycles. The Balaban J connectivity index is 1.85. The molecule has 130 valence electrons. The SMILES string of the molecule is O=C(O)/C(=C/c1ccc(-c2ccccc2Cl)o1)NC(=O)c1ccccc1. The normalized spacial score (nSPS) is 11.2. The number of halogens is 1. The van der Waals surface area contributed by atoms with E-state index in [1.807, 2.05) is 6.07 Å². The van der Waals surface area contributed by atoms with E-state index in [1.165, 1.54) is 6.08 Å². The maximum Gasteiger partial charge on any atom is 0.352 e. The van der Waals surface area contributed by atoms with Gasteiger partial charge in [-0.25, -0.2) is 4.79 Å². The Morgan fingerprint density at radius 2 is 1.65 bits per heavy atom. The van der Waals surface area contributed by atoms with E-state index in [1.54, 1.807) is 60.7 Å². The number of aliphatic carboxylic acids is 1. The van der Waals surface area contributed by atoms with Crippen LogP contribution in [0.25, 0.3) is 17.4 Å². The van der Waals surface area contributed by atoms with E-state index in [0.29, 0.717) is 21.9 Å². The maximum atomic E-state index is 12.2. The third-order valence-electron chi connectivity index (χ3n) is 3.57. The number of furan rings is 1. The number of carboxylic acids is 1. The van der Waals surface area contributed by atoms with Gasteiger partial charge in [0.2, 0.25) is 0 Å². The second-order valence-corrected chi connectivity index (χ2v) is 5.77. The van der Waals surface area contributed by atoms with E-state index in [2.05, 4.69) is 5.32 Å². The summed E-state index contributed by atoms with van der Waals surface area (Å²) >= 11 is 6.13. The number of carbonyl (C=O) groups is 2. The van der Waals surface area contributed by atoms with E-state index in [9.17, 15) is 14.7 Å². The van der Waals surface area contributed by atoms with Gasteiger partial charge in [-0.1, -0.05) is 41.9 Å². The Bertz CT molecular complexity index is 976. The van der Waals surface area contributed by atoms with Crippen molar-refractivity contribution in [3.63, 3.8) is 0 Å². The molecule has 0 unspecified atom stereocenters. The average Bonchev–Trinajstić information content (AvgIpc) is 3.10. The van der Waals surface area contributed by atoms with E-state index in [4.69, 9.17) is 16.0 Å². The molecule has 5 nitrogen and oxygen atoms in total. The molecule has 0 radical (unpaired) electrons. The van der Waals surface area contributed by atoms with E-state index in [-0.39, 0.29) is 11.5 Å². The fraction of sp³-hybridized carbons (Fsp3) is 0. The topological polar surface area (TPSA) is 79.5 Å². The molecule has 0 aliphatic heterocycles. The molecule has 2 aromatic carbocycles. The molecule has 1 aromatic heterocycles. The van der Waals surface area contributed by atoms with Crippen LogP contribution in [0.5, 0.6) is 0 Å². The zero-order valence-corrected chi connectivity index (χ0v) is 14.2. The van der Waals surface area contributed by atoms with Gasteiger partial charge < -0.3 is 14.8 Å². The molecule has 0 bridgehead atoms. The molecule has 6 heteroatoms. The van der Waals surface area contributed by atoms with E-state index < -0.39 is 11.9 Å². The molecule has 0 atom stereocenters. The van der Waals surface area contributed by atoms with Crippen LogP contribution in [0.4, 0.5) is 0 Å². The maximum absolute atomic E-state index is 12.2. The molecule has 26 heavy (non-hydrogen) atoms. The fourth-order valence-corrected chi connectivity index (χ4v) is 2.54. The Morgan fingerprint density at radius 3 is 2.35 bits per heavy atom. The summed E-state index contributed by atoms with van der Waals surface area (Å²) in [6.45, 7) is 0. The Morgan fingerprint density at radius 1 is 0.962 bits per heavy atom. The number of amides is 1. The third kappa shape index (κ3) is 4.02. The minimum absolute atomic E-state index is 0.283. The molecule has 3 aromatic rings. The highest BCUT2D eigenvalue weighted by Crippen LogP contribution is 2.29. The van der Waals surface area contributed by atoms with Gasteiger partial charge in [0.15, 0.2) is 0 Å². The zero-order valence-electron chi connectivity index (χ0n) is 13.5. The highest BCUT2D eigenvalue weighted by Gasteiger charge is 2.15. The molecule has 2 N–H and O–H groups in total. The third-order valence-corrected chi connectivity index (χ3v) is 3.90. The number of benzene rings is 2. The van der Waals surface area contributed by atoms with Crippen molar-refractivity contribution >= 4 is 29.6 Å². The lowest BCUT2D eigenvalue weighted by molar-refractivity contribution is -0.132. The smallest absolute Gasteiger partial charge is 0.352 e. The average molecular weight is 368 g/mol. The highest BCUT2D eigenvalue weighted by molar-refractivity contribution is 6.33. The van der Waals surface area contributed by atoms with Gasteiger partial charge in [0.25, 0.3) is 5.91 Å². The Labute approximate surface area is 154 Å². The van der Waals surface area contributed by atoms with Crippen molar-refractivity contribution in [3.8, 4) is 11.3 Å². The summed E-state index contributed by atoms with van der Waals surface area (Å²) in [7, 11) is 0. The van der Waals surface area contributed by atoms with Crippen molar-refractivity contribution in [3.05, 3.63) is 88.8 Å². The first-order valence-corrected chi connectivity index (χ1v) is 8.08. The number of rotatable bonds is 5. The second kappa shape index (κ2) is 7.72. The molecule has 3 rings (SSSR count). The van der Waals surface area contributed by atoms with Crippen LogP contribution in [0.15, 0.2) is 76.8 Å². The number of nitrogens with one attached hydrogen (secondary N) is 1. The van der Waals surface area contributed by atoms with Crippen LogP contribution in [0.3, 0.4) is 0 Å². The van der Waals surface area contributed by atoms with E-state index in [0.717, 1.165) is 0 Å². The first-order valence-electron chi connectivity index (χ1n) is 7.71. The second-order valence-electron chi connectivity index (χ2n) is 5.37. The minimum Gasteiger partial charge on any atom is -0.477 e. The molecule has 0 aliphatic carbocycles.